The van der Waals surface area contributed by atoms with Crippen molar-refractivity contribution in [2.45, 2.75) is 36.3 Å². The lowest BCUT2D eigenvalue weighted by Gasteiger charge is -2.15. The Bertz CT molecular complexity index is 451. The van der Waals surface area contributed by atoms with Gasteiger partial charge in [-0.05, 0) is 38.0 Å². The van der Waals surface area contributed by atoms with Gasteiger partial charge in [-0.2, -0.15) is 0 Å². The summed E-state index contributed by atoms with van der Waals surface area (Å²) >= 11 is 1.68. The van der Waals surface area contributed by atoms with Crippen LogP contribution in [0.1, 0.15) is 26.2 Å². The van der Waals surface area contributed by atoms with Crippen LogP contribution in [-0.4, -0.2) is 24.3 Å². The lowest BCUT2D eigenvalue weighted by Crippen LogP contribution is -2.22. The molecule has 0 saturated carbocycles. The Hall–Kier alpha value is -1.36. The minimum Gasteiger partial charge on any atom is -0.494 e. The molecular formula is C14H20N2O2S. The third-order valence-corrected chi connectivity index (χ3v) is 4.37. The van der Waals surface area contributed by atoms with Crippen LogP contribution in [0.15, 0.2) is 23.1 Å². The van der Waals surface area contributed by atoms with Crippen molar-refractivity contribution < 1.29 is 9.53 Å². The monoisotopic (exact) mass is 280 g/mol. The smallest absolute Gasteiger partial charge is 0.221 e. The first-order valence-electron chi connectivity index (χ1n) is 6.64. The van der Waals surface area contributed by atoms with Crippen molar-refractivity contribution in [1.82, 2.24) is 5.32 Å². The van der Waals surface area contributed by atoms with E-state index in [1.807, 2.05) is 25.1 Å². The molecule has 1 atom stereocenters. The molecule has 5 heteroatoms. The molecule has 19 heavy (non-hydrogen) atoms. The Labute approximate surface area is 118 Å². The molecule has 0 aromatic heterocycles. The molecule has 1 unspecified atom stereocenters. The quantitative estimate of drug-likeness (QED) is 0.831. The third-order valence-electron chi connectivity index (χ3n) is 3.03. The van der Waals surface area contributed by atoms with Crippen LogP contribution in [0.4, 0.5) is 5.69 Å². The summed E-state index contributed by atoms with van der Waals surface area (Å²) < 4.78 is 5.49. The van der Waals surface area contributed by atoms with E-state index in [2.05, 4.69) is 5.32 Å². The van der Waals surface area contributed by atoms with Crippen LogP contribution in [0.2, 0.25) is 0 Å². The van der Waals surface area contributed by atoms with Gasteiger partial charge in [0.25, 0.3) is 0 Å². The summed E-state index contributed by atoms with van der Waals surface area (Å²) in [4.78, 5) is 12.6. The van der Waals surface area contributed by atoms with Crippen LogP contribution < -0.4 is 15.8 Å². The number of hydrogen-bond acceptors (Lipinski definition) is 4. The molecule has 1 aromatic carbocycles. The van der Waals surface area contributed by atoms with Crippen molar-refractivity contribution in [1.29, 1.82) is 0 Å². The number of hydrogen-bond donors (Lipinski definition) is 2. The molecular weight excluding hydrogens is 260 g/mol. The van der Waals surface area contributed by atoms with Gasteiger partial charge < -0.3 is 15.8 Å². The molecule has 0 aliphatic carbocycles. The summed E-state index contributed by atoms with van der Waals surface area (Å²) in [6.07, 6.45) is 2.61. The van der Waals surface area contributed by atoms with E-state index in [0.717, 1.165) is 35.7 Å². The molecule has 1 heterocycles. The minimum atomic E-state index is 0.134. The fourth-order valence-electron chi connectivity index (χ4n) is 2.09. The second kappa shape index (κ2) is 6.70. The first-order chi connectivity index (χ1) is 9.19. The maximum atomic E-state index is 11.6. The Morgan fingerprint density at radius 2 is 2.37 bits per heavy atom. The largest absolute Gasteiger partial charge is 0.494 e. The van der Waals surface area contributed by atoms with E-state index in [-0.39, 0.29) is 5.91 Å². The van der Waals surface area contributed by atoms with E-state index in [1.54, 1.807) is 11.8 Å². The number of carbonyl (C=O) groups excluding carboxylic acids is 1. The zero-order valence-corrected chi connectivity index (χ0v) is 12.0. The lowest BCUT2D eigenvalue weighted by atomic mass is 10.2. The van der Waals surface area contributed by atoms with Crippen LogP contribution in [0.3, 0.4) is 0 Å². The maximum absolute atomic E-state index is 11.6. The summed E-state index contributed by atoms with van der Waals surface area (Å²) in [6.45, 7) is 3.38. The second-order valence-corrected chi connectivity index (χ2v) is 5.91. The molecule has 1 saturated heterocycles. The highest BCUT2D eigenvalue weighted by atomic mass is 32.2. The van der Waals surface area contributed by atoms with Gasteiger partial charge in [0.05, 0.1) is 6.61 Å². The van der Waals surface area contributed by atoms with Crippen LogP contribution in [0.25, 0.3) is 0 Å². The lowest BCUT2D eigenvalue weighted by molar-refractivity contribution is -0.120. The first kappa shape index (κ1) is 14.1. The minimum absolute atomic E-state index is 0.134. The van der Waals surface area contributed by atoms with Crippen LogP contribution in [0, 0.1) is 0 Å². The SMILES string of the molecule is CCOc1ccc(N)c(SC2CCCNC(=O)C2)c1. The number of carbonyl (C=O) groups is 1. The number of amides is 1. The van der Waals surface area contributed by atoms with Crippen molar-refractivity contribution in [2.75, 3.05) is 18.9 Å². The van der Waals surface area contributed by atoms with Crippen molar-refractivity contribution in [2.24, 2.45) is 0 Å². The predicted molar refractivity (Wildman–Crippen MR) is 78.5 cm³/mol. The highest BCUT2D eigenvalue weighted by molar-refractivity contribution is 8.00. The van der Waals surface area contributed by atoms with E-state index in [4.69, 9.17) is 10.5 Å². The van der Waals surface area contributed by atoms with Gasteiger partial charge in [-0.1, -0.05) is 0 Å². The Morgan fingerprint density at radius 1 is 1.53 bits per heavy atom. The molecule has 1 aliphatic heterocycles. The molecule has 2 rings (SSSR count). The van der Waals surface area contributed by atoms with Gasteiger partial charge in [-0.25, -0.2) is 0 Å². The number of benzene rings is 1. The number of nitrogens with one attached hydrogen (secondary N) is 1. The van der Waals surface area contributed by atoms with E-state index in [9.17, 15) is 4.79 Å². The maximum Gasteiger partial charge on any atom is 0.221 e. The van der Waals surface area contributed by atoms with E-state index < -0.39 is 0 Å². The molecule has 104 valence electrons. The first-order valence-corrected chi connectivity index (χ1v) is 7.52. The summed E-state index contributed by atoms with van der Waals surface area (Å²) in [5, 5.41) is 3.19. The highest BCUT2D eigenvalue weighted by Gasteiger charge is 2.19. The van der Waals surface area contributed by atoms with E-state index >= 15 is 0 Å². The average Bonchev–Trinajstić information content (AvgIpc) is 2.58. The molecule has 1 aliphatic rings. The standard InChI is InChI=1S/C14H20N2O2S/c1-2-18-10-5-6-12(15)13(8-10)19-11-4-3-7-16-14(17)9-11/h5-6,8,11H,2-4,7,9,15H2,1H3,(H,16,17). The second-order valence-electron chi connectivity index (χ2n) is 4.57. The van der Waals surface area contributed by atoms with E-state index in [1.165, 1.54) is 0 Å². The summed E-state index contributed by atoms with van der Waals surface area (Å²) in [6, 6.07) is 5.71. The summed E-state index contributed by atoms with van der Waals surface area (Å²) in [7, 11) is 0. The van der Waals surface area contributed by atoms with Crippen LogP contribution in [0.5, 0.6) is 5.75 Å². The van der Waals surface area contributed by atoms with Gasteiger partial charge in [0, 0.05) is 28.8 Å². The number of rotatable bonds is 4. The number of nitrogens with two attached hydrogens (primary N) is 1. The topological polar surface area (TPSA) is 64.3 Å². The summed E-state index contributed by atoms with van der Waals surface area (Å²) in [5.41, 5.74) is 6.75. The van der Waals surface area contributed by atoms with Gasteiger partial charge >= 0.3 is 0 Å². The van der Waals surface area contributed by atoms with Gasteiger partial charge in [-0.3, -0.25) is 4.79 Å². The van der Waals surface area contributed by atoms with Crippen molar-refractivity contribution in [3.05, 3.63) is 18.2 Å². The Morgan fingerprint density at radius 3 is 3.16 bits per heavy atom. The molecule has 0 spiro atoms. The zero-order chi connectivity index (χ0) is 13.7. The third kappa shape index (κ3) is 4.06. The highest BCUT2D eigenvalue weighted by Crippen LogP contribution is 2.35. The number of thioether (sulfide) groups is 1. The molecule has 0 radical (unpaired) electrons. The Kier molecular flexibility index (Phi) is 4.96. The molecule has 1 aromatic rings. The predicted octanol–water partition coefficient (Wildman–Crippen LogP) is 2.43. The number of ether oxygens (including phenoxy) is 1. The van der Waals surface area contributed by atoms with Crippen LogP contribution >= 0.6 is 11.8 Å². The normalized spacial score (nSPS) is 19.6. The van der Waals surface area contributed by atoms with Gasteiger partial charge in [0.2, 0.25) is 5.91 Å². The molecule has 0 bridgehead atoms. The van der Waals surface area contributed by atoms with Crippen molar-refractivity contribution in [3.63, 3.8) is 0 Å². The average molecular weight is 280 g/mol. The molecule has 1 fully saturated rings. The number of anilines is 1. The van der Waals surface area contributed by atoms with Crippen molar-refractivity contribution >= 4 is 23.4 Å². The van der Waals surface area contributed by atoms with E-state index in [0.29, 0.717) is 18.3 Å². The zero-order valence-electron chi connectivity index (χ0n) is 11.1. The summed E-state index contributed by atoms with van der Waals surface area (Å²) in [5.74, 6) is 0.965. The van der Waals surface area contributed by atoms with Crippen LogP contribution in [-0.2, 0) is 4.79 Å². The molecule has 3 N–H and O–H groups in total. The molecule has 4 nitrogen and oxygen atoms in total. The van der Waals surface area contributed by atoms with Gasteiger partial charge in [0.15, 0.2) is 0 Å². The fourth-order valence-corrected chi connectivity index (χ4v) is 3.36. The number of nitrogen functional groups attached to an aromatic ring is 1. The Balaban J connectivity index is 2.08. The van der Waals surface area contributed by atoms with Gasteiger partial charge in [-0.15, -0.1) is 11.8 Å². The van der Waals surface area contributed by atoms with Crippen molar-refractivity contribution in [3.8, 4) is 5.75 Å². The molecule has 1 amide bonds. The fraction of sp³-hybridized carbons (Fsp3) is 0.500. The van der Waals surface area contributed by atoms with Gasteiger partial charge in [0.1, 0.15) is 5.75 Å².